The highest BCUT2D eigenvalue weighted by atomic mass is 35.5. The number of Topliss-reactive ketones (excluding diaryl/α,β-unsaturated/α-hetero) is 1. The first-order valence-corrected chi connectivity index (χ1v) is 7.22. The quantitative estimate of drug-likeness (QED) is 0.728. The van der Waals surface area contributed by atoms with Crippen LogP contribution in [0.5, 0.6) is 0 Å². The molecular formula is C13H20ClNOS. The van der Waals surface area contributed by atoms with Crippen LogP contribution in [-0.2, 0) is 0 Å². The number of nitrogens with zero attached hydrogens (tertiary/aromatic N) is 1. The Morgan fingerprint density at radius 1 is 1.41 bits per heavy atom. The Bertz CT molecular complexity index is 375. The standard InChI is InChI=1S/C13H20ClNOS/c1-5-8-15(9(2)3)10(4)13(16)11-6-7-12(14)17-11/h6-7,9-10H,5,8H2,1-4H3. The Morgan fingerprint density at radius 3 is 2.47 bits per heavy atom. The van der Waals surface area contributed by atoms with E-state index in [4.69, 9.17) is 11.6 Å². The molecule has 0 aromatic carbocycles. The van der Waals surface area contributed by atoms with Crippen molar-refractivity contribution in [3.63, 3.8) is 0 Å². The molecule has 0 aliphatic carbocycles. The van der Waals surface area contributed by atoms with E-state index in [1.54, 1.807) is 6.07 Å². The van der Waals surface area contributed by atoms with Gasteiger partial charge in [0.1, 0.15) is 0 Å². The second kappa shape index (κ2) is 6.53. The minimum atomic E-state index is -0.0790. The molecule has 0 amide bonds. The second-order valence-electron chi connectivity index (χ2n) is 4.48. The topological polar surface area (TPSA) is 20.3 Å². The van der Waals surface area contributed by atoms with Crippen LogP contribution < -0.4 is 0 Å². The fourth-order valence-corrected chi connectivity index (χ4v) is 3.03. The van der Waals surface area contributed by atoms with Crippen LogP contribution in [-0.4, -0.2) is 29.3 Å². The summed E-state index contributed by atoms with van der Waals surface area (Å²) in [7, 11) is 0. The molecule has 0 spiro atoms. The van der Waals surface area contributed by atoms with Gasteiger partial charge in [0, 0.05) is 6.04 Å². The molecule has 1 atom stereocenters. The van der Waals surface area contributed by atoms with Gasteiger partial charge < -0.3 is 0 Å². The largest absolute Gasteiger partial charge is 0.291 e. The molecule has 0 aliphatic heterocycles. The van der Waals surface area contributed by atoms with E-state index in [9.17, 15) is 4.79 Å². The van der Waals surface area contributed by atoms with Gasteiger partial charge in [0.15, 0.2) is 5.78 Å². The first-order valence-electron chi connectivity index (χ1n) is 6.02. The van der Waals surface area contributed by atoms with Gasteiger partial charge >= 0.3 is 0 Å². The van der Waals surface area contributed by atoms with Gasteiger partial charge in [-0.1, -0.05) is 18.5 Å². The molecule has 1 heterocycles. The predicted molar refractivity (Wildman–Crippen MR) is 75.3 cm³/mol. The third kappa shape index (κ3) is 3.80. The van der Waals surface area contributed by atoms with E-state index < -0.39 is 0 Å². The first-order chi connectivity index (χ1) is 7.97. The molecule has 2 nitrogen and oxygen atoms in total. The van der Waals surface area contributed by atoms with E-state index in [0.29, 0.717) is 10.4 Å². The summed E-state index contributed by atoms with van der Waals surface area (Å²) in [6.07, 6.45) is 1.06. The molecule has 1 rings (SSSR count). The van der Waals surface area contributed by atoms with Crippen molar-refractivity contribution in [3.8, 4) is 0 Å². The van der Waals surface area contributed by atoms with Crippen LogP contribution in [0.4, 0.5) is 0 Å². The molecule has 0 fully saturated rings. The molecule has 4 heteroatoms. The highest BCUT2D eigenvalue weighted by Crippen LogP contribution is 2.24. The van der Waals surface area contributed by atoms with E-state index >= 15 is 0 Å². The fourth-order valence-electron chi connectivity index (χ4n) is 1.96. The number of carbonyl (C=O) groups excluding carboxylic acids is 1. The molecule has 1 aromatic heterocycles. The first kappa shape index (κ1) is 14.7. The normalized spacial score (nSPS) is 13.4. The van der Waals surface area contributed by atoms with Gasteiger partial charge in [-0.3, -0.25) is 9.69 Å². The summed E-state index contributed by atoms with van der Waals surface area (Å²) in [5.74, 6) is 0.170. The molecule has 0 N–H and O–H groups in total. The molecule has 0 bridgehead atoms. The molecule has 0 radical (unpaired) electrons. The van der Waals surface area contributed by atoms with Crippen molar-refractivity contribution in [1.29, 1.82) is 0 Å². The highest BCUT2D eigenvalue weighted by molar-refractivity contribution is 7.18. The van der Waals surface area contributed by atoms with Crippen molar-refractivity contribution in [3.05, 3.63) is 21.3 Å². The van der Waals surface area contributed by atoms with Crippen molar-refractivity contribution in [2.45, 2.75) is 46.2 Å². The Labute approximate surface area is 113 Å². The Morgan fingerprint density at radius 2 is 2.06 bits per heavy atom. The number of carbonyl (C=O) groups is 1. The van der Waals surface area contributed by atoms with Crippen LogP contribution in [0.2, 0.25) is 4.34 Å². The van der Waals surface area contributed by atoms with Gasteiger partial charge in [0.05, 0.1) is 15.3 Å². The van der Waals surface area contributed by atoms with Crippen LogP contribution in [0.3, 0.4) is 0 Å². The summed E-state index contributed by atoms with van der Waals surface area (Å²) >= 11 is 7.23. The van der Waals surface area contributed by atoms with E-state index in [1.807, 2.05) is 13.0 Å². The van der Waals surface area contributed by atoms with Gasteiger partial charge in [0.2, 0.25) is 0 Å². The smallest absolute Gasteiger partial charge is 0.189 e. The lowest BCUT2D eigenvalue weighted by molar-refractivity contribution is 0.0793. The predicted octanol–water partition coefficient (Wildman–Crippen LogP) is 4.09. The van der Waals surface area contributed by atoms with Crippen LogP contribution in [0.15, 0.2) is 12.1 Å². The summed E-state index contributed by atoms with van der Waals surface area (Å²) in [4.78, 5) is 15.3. The number of hydrogen-bond acceptors (Lipinski definition) is 3. The molecule has 0 saturated heterocycles. The van der Waals surface area contributed by atoms with Crippen LogP contribution in [0.1, 0.15) is 43.8 Å². The van der Waals surface area contributed by atoms with Gasteiger partial charge in [-0.15, -0.1) is 11.3 Å². The number of halogens is 1. The Balaban J connectivity index is 2.80. The molecule has 1 aromatic rings. The van der Waals surface area contributed by atoms with Crippen molar-refractivity contribution in [2.75, 3.05) is 6.54 Å². The maximum absolute atomic E-state index is 12.3. The molecule has 96 valence electrons. The maximum atomic E-state index is 12.3. The number of rotatable bonds is 6. The average molecular weight is 274 g/mol. The van der Waals surface area contributed by atoms with Crippen LogP contribution >= 0.6 is 22.9 Å². The van der Waals surface area contributed by atoms with Gasteiger partial charge in [0.25, 0.3) is 0 Å². The number of thiophene rings is 1. The fraction of sp³-hybridized carbons (Fsp3) is 0.615. The SMILES string of the molecule is CCCN(C(C)C)C(C)C(=O)c1ccc(Cl)s1. The van der Waals surface area contributed by atoms with E-state index in [0.717, 1.165) is 17.8 Å². The zero-order valence-corrected chi connectivity index (χ0v) is 12.4. The molecular weight excluding hydrogens is 254 g/mol. The molecule has 17 heavy (non-hydrogen) atoms. The van der Waals surface area contributed by atoms with E-state index in [2.05, 4.69) is 25.7 Å². The summed E-state index contributed by atoms with van der Waals surface area (Å²) in [5, 5.41) is 0. The second-order valence-corrected chi connectivity index (χ2v) is 6.19. The average Bonchev–Trinajstić information content (AvgIpc) is 2.70. The van der Waals surface area contributed by atoms with Crippen molar-refractivity contribution in [2.24, 2.45) is 0 Å². The summed E-state index contributed by atoms with van der Waals surface area (Å²) in [6, 6.07) is 3.90. The zero-order valence-electron chi connectivity index (χ0n) is 10.9. The third-order valence-corrected chi connectivity index (χ3v) is 4.08. The summed E-state index contributed by atoms with van der Waals surface area (Å²) in [6.45, 7) is 9.31. The zero-order chi connectivity index (χ0) is 13.0. The minimum Gasteiger partial charge on any atom is -0.291 e. The van der Waals surface area contributed by atoms with Gasteiger partial charge in [-0.05, 0) is 45.9 Å². The van der Waals surface area contributed by atoms with Crippen LogP contribution in [0, 0.1) is 0 Å². The summed E-state index contributed by atoms with van der Waals surface area (Å²) in [5.41, 5.74) is 0. The lowest BCUT2D eigenvalue weighted by Crippen LogP contribution is -2.43. The summed E-state index contributed by atoms with van der Waals surface area (Å²) < 4.78 is 0.673. The van der Waals surface area contributed by atoms with Crippen molar-refractivity contribution >= 4 is 28.7 Å². The molecule has 0 aliphatic rings. The van der Waals surface area contributed by atoms with Crippen LogP contribution in [0.25, 0.3) is 0 Å². The highest BCUT2D eigenvalue weighted by Gasteiger charge is 2.24. The molecule has 1 unspecified atom stereocenters. The minimum absolute atomic E-state index is 0.0790. The Hall–Kier alpha value is -0.380. The van der Waals surface area contributed by atoms with Crippen molar-refractivity contribution < 1.29 is 4.79 Å². The van der Waals surface area contributed by atoms with Gasteiger partial charge in [-0.2, -0.15) is 0 Å². The maximum Gasteiger partial charge on any atom is 0.189 e. The number of hydrogen-bond donors (Lipinski definition) is 0. The van der Waals surface area contributed by atoms with Crippen molar-refractivity contribution in [1.82, 2.24) is 4.90 Å². The van der Waals surface area contributed by atoms with E-state index in [1.165, 1.54) is 11.3 Å². The molecule has 0 saturated carbocycles. The van der Waals surface area contributed by atoms with E-state index in [-0.39, 0.29) is 11.8 Å². The Kier molecular flexibility index (Phi) is 5.63. The number of ketones is 1. The third-order valence-electron chi connectivity index (χ3n) is 2.84. The monoisotopic (exact) mass is 273 g/mol. The lowest BCUT2D eigenvalue weighted by Gasteiger charge is -2.31. The van der Waals surface area contributed by atoms with Gasteiger partial charge in [-0.25, -0.2) is 0 Å². The lowest BCUT2D eigenvalue weighted by atomic mass is 10.1.